The van der Waals surface area contributed by atoms with Crippen molar-refractivity contribution in [3.63, 3.8) is 0 Å². The zero-order chi connectivity index (χ0) is 26.8. The number of ketones is 1. The van der Waals surface area contributed by atoms with Crippen molar-refractivity contribution < 1.29 is 28.7 Å². The van der Waals surface area contributed by atoms with Gasteiger partial charge in [0.1, 0.15) is 12.6 Å². The number of anilines is 2. The monoisotopic (exact) mass is 514 g/mol. The van der Waals surface area contributed by atoms with Crippen LogP contribution in [0.2, 0.25) is 0 Å². The van der Waals surface area contributed by atoms with Crippen LogP contribution in [0.1, 0.15) is 29.8 Å². The molecule has 3 aromatic rings. The van der Waals surface area contributed by atoms with E-state index in [-0.39, 0.29) is 31.4 Å². The first-order valence-electron chi connectivity index (χ1n) is 12.2. The van der Waals surface area contributed by atoms with Gasteiger partial charge >= 0.3 is 0 Å². The van der Waals surface area contributed by atoms with E-state index in [4.69, 9.17) is 9.47 Å². The van der Waals surface area contributed by atoms with E-state index in [1.165, 1.54) is 9.80 Å². The summed E-state index contributed by atoms with van der Waals surface area (Å²) < 4.78 is 10.7. The summed E-state index contributed by atoms with van der Waals surface area (Å²) in [7, 11) is 0. The number of carbonyl (C=O) groups excluding carboxylic acids is 4. The number of hydrogen-bond acceptors (Lipinski definition) is 7. The highest BCUT2D eigenvalue weighted by Gasteiger charge is 2.39. The molecule has 10 heteroatoms. The van der Waals surface area contributed by atoms with Crippen LogP contribution in [0, 0.1) is 5.92 Å². The molecule has 5 rings (SSSR count). The molecule has 38 heavy (non-hydrogen) atoms. The predicted octanol–water partition coefficient (Wildman–Crippen LogP) is 3.03. The zero-order valence-electron chi connectivity index (χ0n) is 20.9. The van der Waals surface area contributed by atoms with Crippen LogP contribution in [0.15, 0.2) is 67.0 Å². The number of pyridine rings is 1. The molecule has 0 unspecified atom stereocenters. The lowest BCUT2D eigenvalue weighted by molar-refractivity contribution is -0.140. The number of nitrogens with one attached hydrogen (secondary N) is 1. The molecule has 0 saturated carbocycles. The van der Waals surface area contributed by atoms with E-state index in [1.807, 2.05) is 13.8 Å². The van der Waals surface area contributed by atoms with E-state index >= 15 is 0 Å². The highest BCUT2D eigenvalue weighted by molar-refractivity contribution is 6.52. The van der Waals surface area contributed by atoms with Gasteiger partial charge in [0.25, 0.3) is 11.7 Å². The maximum absolute atomic E-state index is 13.8. The van der Waals surface area contributed by atoms with Gasteiger partial charge in [0.15, 0.2) is 11.5 Å². The van der Waals surface area contributed by atoms with Crippen molar-refractivity contribution in [1.82, 2.24) is 9.88 Å². The first-order valence-corrected chi connectivity index (χ1v) is 12.2. The summed E-state index contributed by atoms with van der Waals surface area (Å²) in [6.45, 7) is 3.49. The van der Waals surface area contributed by atoms with Crippen LogP contribution in [-0.2, 0) is 20.9 Å². The van der Waals surface area contributed by atoms with Gasteiger partial charge in [-0.15, -0.1) is 0 Å². The Morgan fingerprint density at radius 3 is 2.61 bits per heavy atom. The molecule has 1 aromatic heterocycles. The molecule has 0 saturated heterocycles. The molecule has 10 nitrogen and oxygen atoms in total. The average molecular weight is 515 g/mol. The Labute approximate surface area is 219 Å². The van der Waals surface area contributed by atoms with Crippen LogP contribution in [0.3, 0.4) is 0 Å². The van der Waals surface area contributed by atoms with Crippen molar-refractivity contribution in [2.45, 2.75) is 26.4 Å². The number of fused-ring (bicyclic) bond motifs is 2. The molecule has 2 aromatic carbocycles. The lowest BCUT2D eigenvalue weighted by Gasteiger charge is -2.34. The minimum absolute atomic E-state index is 0.0850. The van der Waals surface area contributed by atoms with Crippen LogP contribution in [0.25, 0.3) is 0 Å². The largest absolute Gasteiger partial charge is 0.454 e. The van der Waals surface area contributed by atoms with Crippen LogP contribution in [0.5, 0.6) is 11.5 Å². The topological polar surface area (TPSA) is 118 Å². The standard InChI is InChI=1S/C28H26N4O6/c1-17(2)25(27(35)30-19-9-10-22-23(12-19)38-16-37-22)32(14-18-6-5-11-29-13-18)24(33)15-31-21-8-4-3-7-20(21)26(34)28(31)36/h3-13,17,25H,14-16H2,1-2H3,(H,30,35)/t25-/m0/s1. The number of para-hydroxylation sites is 1. The second kappa shape index (κ2) is 10.3. The number of aromatic nitrogens is 1. The molecule has 1 N–H and O–H groups in total. The molecule has 0 radical (unpaired) electrons. The Bertz CT molecular complexity index is 1410. The van der Waals surface area contributed by atoms with Crippen molar-refractivity contribution in [3.05, 3.63) is 78.1 Å². The molecule has 3 heterocycles. The van der Waals surface area contributed by atoms with Crippen molar-refractivity contribution in [2.24, 2.45) is 5.92 Å². The van der Waals surface area contributed by atoms with Gasteiger partial charge < -0.3 is 19.7 Å². The third kappa shape index (κ3) is 4.80. The normalized spacial score (nSPS) is 14.4. The maximum atomic E-state index is 13.8. The summed E-state index contributed by atoms with van der Waals surface area (Å²) in [5, 5.41) is 2.88. The molecule has 0 bridgehead atoms. The fraction of sp³-hybridized carbons (Fsp3) is 0.250. The molecular weight excluding hydrogens is 488 g/mol. The summed E-state index contributed by atoms with van der Waals surface area (Å²) in [5.41, 5.74) is 1.84. The maximum Gasteiger partial charge on any atom is 0.299 e. The van der Waals surface area contributed by atoms with Gasteiger partial charge in [-0.25, -0.2) is 0 Å². The number of Topliss-reactive ketones (excluding diaryl/α,β-unsaturated/α-hetero) is 1. The minimum Gasteiger partial charge on any atom is -0.454 e. The third-order valence-electron chi connectivity index (χ3n) is 6.44. The van der Waals surface area contributed by atoms with Crippen LogP contribution in [0.4, 0.5) is 11.4 Å². The van der Waals surface area contributed by atoms with Crippen LogP contribution >= 0.6 is 0 Å². The van der Waals surface area contributed by atoms with E-state index in [1.54, 1.807) is 67.0 Å². The second-order valence-corrected chi connectivity index (χ2v) is 9.37. The quantitative estimate of drug-likeness (QED) is 0.459. The summed E-state index contributed by atoms with van der Waals surface area (Å²) in [6, 6.07) is 14.3. The Morgan fingerprint density at radius 1 is 1.05 bits per heavy atom. The fourth-order valence-electron chi connectivity index (χ4n) is 4.66. The van der Waals surface area contributed by atoms with E-state index in [2.05, 4.69) is 10.3 Å². The highest BCUT2D eigenvalue weighted by atomic mass is 16.7. The molecule has 3 amide bonds. The number of rotatable bonds is 8. The van der Waals surface area contributed by atoms with Crippen molar-refractivity contribution in [3.8, 4) is 11.5 Å². The van der Waals surface area contributed by atoms with Gasteiger partial charge in [-0.3, -0.25) is 29.1 Å². The molecule has 0 spiro atoms. The summed E-state index contributed by atoms with van der Waals surface area (Å²) in [6.07, 6.45) is 3.24. The first-order chi connectivity index (χ1) is 18.3. The number of ether oxygens (including phenoxy) is 2. The number of amides is 3. The third-order valence-corrected chi connectivity index (χ3v) is 6.44. The van der Waals surface area contributed by atoms with E-state index < -0.39 is 29.5 Å². The predicted molar refractivity (Wildman–Crippen MR) is 138 cm³/mol. The van der Waals surface area contributed by atoms with Crippen LogP contribution < -0.4 is 19.7 Å². The Hall–Kier alpha value is -4.73. The van der Waals surface area contributed by atoms with Crippen LogP contribution in [-0.4, -0.2) is 52.8 Å². The average Bonchev–Trinajstić information content (AvgIpc) is 3.47. The Balaban J connectivity index is 1.43. The number of benzene rings is 2. The highest BCUT2D eigenvalue weighted by Crippen LogP contribution is 2.34. The van der Waals surface area contributed by atoms with Gasteiger partial charge in [-0.1, -0.05) is 32.0 Å². The van der Waals surface area contributed by atoms with Gasteiger partial charge in [-0.05, 0) is 41.8 Å². The molecule has 194 valence electrons. The second-order valence-electron chi connectivity index (χ2n) is 9.37. The van der Waals surface area contributed by atoms with E-state index in [9.17, 15) is 19.2 Å². The molecule has 0 fully saturated rings. The first kappa shape index (κ1) is 24.9. The lowest BCUT2D eigenvalue weighted by Crippen LogP contribution is -2.53. The summed E-state index contributed by atoms with van der Waals surface area (Å²) >= 11 is 0. The summed E-state index contributed by atoms with van der Waals surface area (Å²) in [4.78, 5) is 59.4. The number of hydrogen-bond donors (Lipinski definition) is 1. The van der Waals surface area contributed by atoms with E-state index in [0.717, 1.165) is 0 Å². The van der Waals surface area contributed by atoms with Gasteiger partial charge in [0, 0.05) is 30.7 Å². The van der Waals surface area contributed by atoms with Crippen molar-refractivity contribution in [1.29, 1.82) is 0 Å². The molecule has 1 atom stereocenters. The SMILES string of the molecule is CC(C)[C@@H](C(=O)Nc1ccc2c(c1)OCO2)N(Cc1cccnc1)C(=O)CN1C(=O)C(=O)c2ccccc21. The number of carbonyl (C=O) groups is 4. The summed E-state index contributed by atoms with van der Waals surface area (Å²) in [5.74, 6) is -1.50. The van der Waals surface area contributed by atoms with Gasteiger partial charge in [-0.2, -0.15) is 0 Å². The zero-order valence-corrected chi connectivity index (χ0v) is 20.9. The fourth-order valence-corrected chi connectivity index (χ4v) is 4.66. The van der Waals surface area contributed by atoms with E-state index in [0.29, 0.717) is 28.4 Å². The minimum atomic E-state index is -0.892. The molecule has 2 aliphatic heterocycles. The van der Waals surface area contributed by atoms with Crippen molar-refractivity contribution in [2.75, 3.05) is 23.6 Å². The molecule has 0 aliphatic carbocycles. The Morgan fingerprint density at radius 2 is 1.84 bits per heavy atom. The van der Waals surface area contributed by atoms with Gasteiger partial charge in [0.2, 0.25) is 18.6 Å². The molecular formula is C28H26N4O6. The lowest BCUT2D eigenvalue weighted by atomic mass is 10.00. The van der Waals surface area contributed by atoms with Gasteiger partial charge in [0.05, 0.1) is 11.3 Å². The van der Waals surface area contributed by atoms with Crippen molar-refractivity contribution >= 4 is 34.9 Å². The Kier molecular flexibility index (Phi) is 6.78. The number of nitrogens with zero attached hydrogens (tertiary/aromatic N) is 3. The molecule has 2 aliphatic rings. The smallest absolute Gasteiger partial charge is 0.299 e.